The Morgan fingerprint density at radius 2 is 2.17 bits per heavy atom. The molecule has 0 aliphatic carbocycles. The zero-order chi connectivity index (χ0) is 4.99. The topological polar surface area (TPSA) is 12.4 Å². The van der Waals surface area contributed by atoms with Crippen LogP contribution in [0, 0.1) is 0 Å². The van der Waals surface area contributed by atoms with Gasteiger partial charge >= 0.3 is 0 Å². The summed E-state index contributed by atoms with van der Waals surface area (Å²) in [6.07, 6.45) is 1.23. The molecule has 0 bridgehead atoms. The van der Waals surface area contributed by atoms with E-state index in [4.69, 9.17) is 0 Å². The van der Waals surface area contributed by atoms with E-state index in [1.54, 1.807) is 0 Å². The average molecular weight is 104 g/mol. The van der Waals surface area contributed by atoms with Crippen LogP contribution in [0.4, 0.5) is 0 Å². The molecule has 0 rings (SSSR count). The second-order valence-electron chi connectivity index (χ2n) is 1.17. The van der Waals surface area contributed by atoms with E-state index in [0.717, 1.165) is 0 Å². The maximum atomic E-state index is 4.07. The minimum atomic E-state index is 0.0489. The van der Waals surface area contributed by atoms with Crippen LogP contribution in [-0.2, 0) is 0 Å². The Morgan fingerprint density at radius 3 is 2.17 bits per heavy atom. The van der Waals surface area contributed by atoms with E-state index in [1.165, 1.54) is 6.16 Å². The summed E-state index contributed by atoms with van der Waals surface area (Å²) < 4.78 is 4.07. The van der Waals surface area contributed by atoms with E-state index in [9.17, 15) is 0 Å². The Balaban J connectivity index is 3.22. The van der Waals surface area contributed by atoms with Crippen molar-refractivity contribution in [1.82, 2.24) is 0 Å². The number of rotatable bonds is 1. The van der Waals surface area contributed by atoms with Gasteiger partial charge in [0.1, 0.15) is 12.8 Å². The zero-order valence-electron chi connectivity index (χ0n) is 4.60. The minimum Gasteiger partial charge on any atom is -0.114 e. The van der Waals surface area contributed by atoms with Crippen LogP contribution in [0.15, 0.2) is 4.74 Å². The van der Waals surface area contributed by atoms with Gasteiger partial charge in [-0.1, -0.05) is 0 Å². The Morgan fingerprint density at radius 1 is 1.67 bits per heavy atom. The summed E-state index contributed by atoms with van der Waals surface area (Å²) in [4.78, 5) is 0. The van der Waals surface area contributed by atoms with Crippen molar-refractivity contribution in [2.75, 3.05) is 19.9 Å². The fraction of sp³-hybridized carbons (Fsp3) is 1.00. The molecule has 2 heteroatoms. The van der Waals surface area contributed by atoms with Gasteiger partial charge in [-0.15, -0.1) is 4.74 Å². The van der Waals surface area contributed by atoms with Crippen molar-refractivity contribution in [2.45, 2.75) is 6.92 Å². The van der Waals surface area contributed by atoms with Crippen molar-refractivity contribution >= 4 is 7.71 Å². The molecule has 0 fully saturated rings. The predicted octanol–water partition coefficient (Wildman–Crippen LogP) is 1.93. The molecule has 0 aliphatic rings. The Hall–Kier alpha value is 0.100. The molecule has 6 heavy (non-hydrogen) atoms. The van der Waals surface area contributed by atoms with Gasteiger partial charge in [0.15, 0.2) is 7.71 Å². The van der Waals surface area contributed by atoms with E-state index in [0.29, 0.717) is 0 Å². The fourth-order valence-corrected chi connectivity index (χ4v) is 0.424. The van der Waals surface area contributed by atoms with Gasteiger partial charge < -0.3 is 0 Å². The minimum absolute atomic E-state index is 0.0489. The normalized spacial score (nSPS) is 12.2. The first-order valence-corrected chi connectivity index (χ1v) is 4.04. The highest BCUT2D eigenvalue weighted by Crippen LogP contribution is 2.15. The van der Waals surface area contributed by atoms with E-state index in [2.05, 4.69) is 18.3 Å². The lowest BCUT2D eigenvalue weighted by atomic mass is 11.0. The zero-order valence-corrected chi connectivity index (χ0v) is 5.50. The van der Waals surface area contributed by atoms with Crippen LogP contribution in [0.5, 0.6) is 0 Å². The highest BCUT2D eigenvalue weighted by atomic mass is 31.1. The van der Waals surface area contributed by atoms with Gasteiger partial charge in [-0.3, -0.25) is 0 Å². The van der Waals surface area contributed by atoms with Gasteiger partial charge in [-0.25, -0.2) is 0 Å². The summed E-state index contributed by atoms with van der Waals surface area (Å²) >= 11 is 0. The molecule has 0 spiro atoms. The Kier molecular flexibility index (Phi) is 3.35. The smallest absolute Gasteiger partial charge is 0.114 e. The molecule has 0 amide bonds. The fourth-order valence-electron chi connectivity index (χ4n) is 0.141. The summed E-state index contributed by atoms with van der Waals surface area (Å²) in [6, 6.07) is 0. The van der Waals surface area contributed by atoms with Crippen LogP contribution in [-0.4, -0.2) is 19.9 Å². The lowest BCUT2D eigenvalue weighted by Crippen LogP contribution is -1.58. The van der Waals surface area contributed by atoms with Gasteiger partial charge in [-0.05, 0) is 6.92 Å². The van der Waals surface area contributed by atoms with Gasteiger partial charge in [0.2, 0.25) is 0 Å². The van der Waals surface area contributed by atoms with Crippen LogP contribution in [0.1, 0.15) is 6.92 Å². The Labute approximate surface area is 40.2 Å². The molecule has 0 aromatic carbocycles. The van der Waals surface area contributed by atoms with Crippen molar-refractivity contribution in [3.8, 4) is 0 Å². The first-order chi connectivity index (χ1) is 2.81. The lowest BCUT2D eigenvalue weighted by molar-refractivity contribution is 1.43. The summed E-state index contributed by atoms with van der Waals surface area (Å²) in [7, 11) is 1.93. The predicted molar refractivity (Wildman–Crippen MR) is 31.7 cm³/mol. The van der Waals surface area contributed by atoms with Crippen LogP contribution in [0.25, 0.3) is 0 Å². The largest absolute Gasteiger partial charge is 0.195 e. The van der Waals surface area contributed by atoms with Crippen molar-refractivity contribution in [3.05, 3.63) is 0 Å². The first kappa shape index (κ1) is 6.10. The van der Waals surface area contributed by atoms with E-state index in [1.807, 2.05) is 7.05 Å². The molecule has 0 aromatic rings. The average Bonchev–Trinajstić information content (AvgIpc) is 1.65. The molecular formula is C4H11NP+. The molecule has 0 saturated heterocycles. The number of hydrogen-bond donors (Lipinski definition) is 0. The van der Waals surface area contributed by atoms with Crippen LogP contribution >= 0.6 is 7.71 Å². The summed E-state index contributed by atoms with van der Waals surface area (Å²) in [5.41, 5.74) is 0. The summed E-state index contributed by atoms with van der Waals surface area (Å²) in [5.74, 6) is 0. The third-order valence-electron chi connectivity index (χ3n) is 0.799. The van der Waals surface area contributed by atoms with Crippen LogP contribution in [0.2, 0.25) is 0 Å². The third kappa shape index (κ3) is 2.34. The van der Waals surface area contributed by atoms with Crippen molar-refractivity contribution < 1.29 is 0 Å². The molecule has 0 heterocycles. The van der Waals surface area contributed by atoms with Crippen molar-refractivity contribution in [1.29, 1.82) is 0 Å². The second kappa shape index (κ2) is 3.30. The third-order valence-corrected chi connectivity index (χ3v) is 2.40. The monoisotopic (exact) mass is 104 g/mol. The van der Waals surface area contributed by atoms with Gasteiger partial charge in [0, 0.05) is 0 Å². The molecule has 1 atom stereocenters. The number of hydrogen-bond acceptors (Lipinski definition) is 1. The van der Waals surface area contributed by atoms with E-state index in [-0.39, 0.29) is 7.71 Å². The van der Waals surface area contributed by atoms with Gasteiger partial charge in [-0.2, -0.15) is 0 Å². The summed E-state index contributed by atoms with van der Waals surface area (Å²) in [5, 5.41) is 0. The highest BCUT2D eigenvalue weighted by Gasteiger charge is 1.90. The number of nitrogens with zero attached hydrogens (tertiary/aromatic N) is 1. The maximum absolute atomic E-state index is 4.07. The molecule has 0 saturated carbocycles. The van der Waals surface area contributed by atoms with E-state index >= 15 is 0 Å². The quantitative estimate of drug-likeness (QED) is 0.451. The van der Waals surface area contributed by atoms with Crippen LogP contribution in [0.3, 0.4) is 0 Å². The van der Waals surface area contributed by atoms with Crippen LogP contribution < -0.4 is 0 Å². The molecule has 0 N–H and O–H groups in total. The van der Waals surface area contributed by atoms with Gasteiger partial charge in [0.05, 0.1) is 7.05 Å². The lowest BCUT2D eigenvalue weighted by Gasteiger charge is -1.68. The molecule has 0 radical (unpaired) electrons. The Bertz CT molecular complexity index is 58.6. The highest BCUT2D eigenvalue weighted by molar-refractivity contribution is 7.46. The molecule has 1 unspecified atom stereocenters. The molecule has 1 nitrogen and oxygen atoms in total. The molecule has 36 valence electrons. The first-order valence-electron chi connectivity index (χ1n) is 2.12. The molecule has 0 aliphatic heterocycles. The summed E-state index contributed by atoms with van der Waals surface area (Å²) in [6.45, 7) is 4.34. The molecule has 0 aromatic heterocycles. The van der Waals surface area contributed by atoms with Crippen molar-refractivity contribution in [2.24, 2.45) is 4.74 Å². The van der Waals surface area contributed by atoms with E-state index < -0.39 is 0 Å². The molecular weight excluding hydrogens is 93.0 g/mol. The SMILES string of the molecule is CC[P+](C)=NC. The van der Waals surface area contributed by atoms with Gasteiger partial charge in [0.25, 0.3) is 0 Å². The van der Waals surface area contributed by atoms with Crippen molar-refractivity contribution in [3.63, 3.8) is 0 Å². The second-order valence-corrected chi connectivity index (χ2v) is 3.52. The standard InChI is InChI=1S/C4H11NP/c1-4-6(3)5-2/h4H2,1-3H3/q+1. The maximum Gasteiger partial charge on any atom is 0.195 e.